The molecule has 2 aromatic carbocycles. The standard InChI is InChI=1S/C25H26N4O4/c30-22-8-7-21(24(32)28-22)29-14-17-13-16(5-6-19(17)25(29)33)23(31)27-20-4-2-1-3-18(20)15-9-11-26-12-10-15/h1-6,13,15,21,26H,7-12,14H2,(H,27,31)(H,28,30,32). The molecule has 3 aliphatic rings. The highest BCUT2D eigenvalue weighted by molar-refractivity contribution is 6.08. The smallest absolute Gasteiger partial charge is 0.255 e. The van der Waals surface area contributed by atoms with Crippen molar-refractivity contribution in [2.24, 2.45) is 0 Å². The normalized spacial score (nSPS) is 21.0. The summed E-state index contributed by atoms with van der Waals surface area (Å²) in [5.41, 5.74) is 3.63. The van der Waals surface area contributed by atoms with E-state index in [1.807, 2.05) is 18.2 Å². The van der Waals surface area contributed by atoms with E-state index in [4.69, 9.17) is 0 Å². The van der Waals surface area contributed by atoms with Crippen LogP contribution in [0.1, 0.15) is 63.4 Å². The van der Waals surface area contributed by atoms with Gasteiger partial charge in [-0.05, 0) is 73.7 Å². The number of carbonyl (C=O) groups is 4. The summed E-state index contributed by atoms with van der Waals surface area (Å²) in [5, 5.41) is 8.73. The van der Waals surface area contributed by atoms with Crippen molar-refractivity contribution < 1.29 is 19.2 Å². The fraction of sp³-hybridized carbons (Fsp3) is 0.360. The predicted octanol–water partition coefficient (Wildman–Crippen LogP) is 2.17. The molecule has 1 atom stereocenters. The minimum Gasteiger partial charge on any atom is -0.322 e. The molecule has 3 heterocycles. The SMILES string of the molecule is O=C1CCC(N2Cc3cc(C(=O)Nc4ccccc4C4CCNCC4)ccc3C2=O)C(=O)N1. The van der Waals surface area contributed by atoms with Crippen molar-refractivity contribution in [2.75, 3.05) is 18.4 Å². The molecular weight excluding hydrogens is 420 g/mol. The quantitative estimate of drug-likeness (QED) is 0.624. The van der Waals surface area contributed by atoms with Gasteiger partial charge in [0.05, 0.1) is 0 Å². The molecule has 8 heteroatoms. The summed E-state index contributed by atoms with van der Waals surface area (Å²) in [6.07, 6.45) is 2.58. The predicted molar refractivity (Wildman–Crippen MR) is 122 cm³/mol. The van der Waals surface area contributed by atoms with Crippen LogP contribution in [0.5, 0.6) is 0 Å². The molecule has 0 spiro atoms. The molecule has 5 rings (SSSR count). The van der Waals surface area contributed by atoms with Crippen molar-refractivity contribution in [3.8, 4) is 0 Å². The summed E-state index contributed by atoms with van der Waals surface area (Å²) in [6.45, 7) is 2.18. The van der Waals surface area contributed by atoms with Crippen LogP contribution in [0.15, 0.2) is 42.5 Å². The third-order valence-electron chi connectivity index (χ3n) is 6.77. The van der Waals surface area contributed by atoms with Gasteiger partial charge in [-0.2, -0.15) is 0 Å². The molecule has 4 amide bonds. The molecule has 0 saturated carbocycles. The first-order valence-electron chi connectivity index (χ1n) is 11.4. The van der Waals surface area contributed by atoms with Crippen LogP contribution in [0.4, 0.5) is 5.69 Å². The largest absolute Gasteiger partial charge is 0.322 e. The fourth-order valence-electron chi connectivity index (χ4n) is 5.01. The van der Waals surface area contributed by atoms with E-state index in [1.54, 1.807) is 18.2 Å². The number of piperidine rings is 2. The van der Waals surface area contributed by atoms with Gasteiger partial charge in [-0.15, -0.1) is 0 Å². The molecule has 2 aromatic rings. The first-order chi connectivity index (χ1) is 16.0. The van der Waals surface area contributed by atoms with Crippen LogP contribution in [0.2, 0.25) is 0 Å². The number of anilines is 1. The lowest BCUT2D eigenvalue weighted by Gasteiger charge is -2.29. The lowest BCUT2D eigenvalue weighted by Crippen LogP contribution is -2.52. The number of benzene rings is 2. The van der Waals surface area contributed by atoms with E-state index in [0.717, 1.165) is 37.2 Å². The average Bonchev–Trinajstić information content (AvgIpc) is 3.15. The van der Waals surface area contributed by atoms with E-state index in [-0.39, 0.29) is 30.7 Å². The molecule has 2 fully saturated rings. The second-order valence-corrected chi connectivity index (χ2v) is 8.84. The number of hydrogen-bond acceptors (Lipinski definition) is 5. The Bertz CT molecular complexity index is 1140. The summed E-state index contributed by atoms with van der Waals surface area (Å²) in [6, 6.07) is 12.3. The molecule has 3 aliphatic heterocycles. The highest BCUT2D eigenvalue weighted by Gasteiger charge is 2.39. The van der Waals surface area contributed by atoms with Crippen molar-refractivity contribution in [3.63, 3.8) is 0 Å². The van der Waals surface area contributed by atoms with Crippen molar-refractivity contribution >= 4 is 29.3 Å². The molecule has 8 nitrogen and oxygen atoms in total. The average molecular weight is 447 g/mol. The molecule has 0 bridgehead atoms. The number of fused-ring (bicyclic) bond motifs is 1. The number of hydrogen-bond donors (Lipinski definition) is 3. The maximum atomic E-state index is 13.1. The van der Waals surface area contributed by atoms with E-state index < -0.39 is 11.9 Å². The Kier molecular flexibility index (Phi) is 5.68. The van der Waals surface area contributed by atoms with Gasteiger partial charge in [-0.1, -0.05) is 18.2 Å². The zero-order chi connectivity index (χ0) is 22.9. The molecular formula is C25H26N4O4. The third kappa shape index (κ3) is 4.14. The first kappa shape index (κ1) is 21.3. The number of amides is 4. The zero-order valence-corrected chi connectivity index (χ0v) is 18.2. The van der Waals surface area contributed by atoms with Gasteiger partial charge in [0, 0.05) is 29.8 Å². The van der Waals surface area contributed by atoms with Gasteiger partial charge in [0.15, 0.2) is 0 Å². The Labute approximate surface area is 191 Å². The monoisotopic (exact) mass is 446 g/mol. The van der Waals surface area contributed by atoms with Crippen molar-refractivity contribution in [1.82, 2.24) is 15.5 Å². The highest BCUT2D eigenvalue weighted by Crippen LogP contribution is 2.32. The Balaban J connectivity index is 1.33. The van der Waals surface area contributed by atoms with E-state index in [2.05, 4.69) is 22.0 Å². The molecule has 0 radical (unpaired) electrons. The molecule has 1 unspecified atom stereocenters. The molecule has 33 heavy (non-hydrogen) atoms. The maximum absolute atomic E-state index is 13.1. The van der Waals surface area contributed by atoms with E-state index in [9.17, 15) is 19.2 Å². The van der Waals surface area contributed by atoms with Gasteiger partial charge in [-0.25, -0.2) is 0 Å². The summed E-state index contributed by atoms with van der Waals surface area (Å²) in [5.74, 6) is -0.833. The van der Waals surface area contributed by atoms with Crippen LogP contribution in [0.3, 0.4) is 0 Å². The van der Waals surface area contributed by atoms with Crippen molar-refractivity contribution in [1.29, 1.82) is 0 Å². The van der Waals surface area contributed by atoms with Crippen molar-refractivity contribution in [2.45, 2.75) is 44.2 Å². The minimum absolute atomic E-state index is 0.209. The van der Waals surface area contributed by atoms with Crippen LogP contribution in [-0.4, -0.2) is 47.7 Å². The van der Waals surface area contributed by atoms with Gasteiger partial charge in [0.1, 0.15) is 6.04 Å². The Hall–Kier alpha value is -3.52. The molecule has 2 saturated heterocycles. The summed E-state index contributed by atoms with van der Waals surface area (Å²) >= 11 is 0. The van der Waals surface area contributed by atoms with Gasteiger partial charge in [0.2, 0.25) is 11.8 Å². The topological polar surface area (TPSA) is 108 Å². The minimum atomic E-state index is -0.670. The van der Waals surface area contributed by atoms with Crippen LogP contribution >= 0.6 is 0 Å². The van der Waals surface area contributed by atoms with E-state index in [0.29, 0.717) is 29.0 Å². The second-order valence-electron chi connectivity index (χ2n) is 8.84. The van der Waals surface area contributed by atoms with E-state index in [1.165, 1.54) is 4.90 Å². The zero-order valence-electron chi connectivity index (χ0n) is 18.2. The number of nitrogens with zero attached hydrogens (tertiary/aromatic N) is 1. The Morgan fingerprint density at radius 2 is 1.79 bits per heavy atom. The van der Waals surface area contributed by atoms with Crippen LogP contribution < -0.4 is 16.0 Å². The van der Waals surface area contributed by atoms with Gasteiger partial charge in [-0.3, -0.25) is 24.5 Å². The second kappa shape index (κ2) is 8.78. The lowest BCUT2D eigenvalue weighted by atomic mass is 9.89. The Morgan fingerprint density at radius 3 is 2.58 bits per heavy atom. The van der Waals surface area contributed by atoms with Crippen LogP contribution in [0, 0.1) is 0 Å². The third-order valence-corrected chi connectivity index (χ3v) is 6.77. The summed E-state index contributed by atoms with van der Waals surface area (Å²) in [7, 11) is 0. The molecule has 0 aliphatic carbocycles. The molecule has 0 aromatic heterocycles. The summed E-state index contributed by atoms with van der Waals surface area (Å²) in [4.78, 5) is 51.1. The lowest BCUT2D eigenvalue weighted by molar-refractivity contribution is -0.136. The fourth-order valence-corrected chi connectivity index (χ4v) is 5.01. The highest BCUT2D eigenvalue weighted by atomic mass is 16.2. The first-order valence-corrected chi connectivity index (χ1v) is 11.4. The molecule has 3 N–H and O–H groups in total. The molecule has 170 valence electrons. The Morgan fingerprint density at radius 1 is 1.00 bits per heavy atom. The van der Waals surface area contributed by atoms with Crippen LogP contribution in [0.25, 0.3) is 0 Å². The number of carbonyl (C=O) groups excluding carboxylic acids is 4. The van der Waals surface area contributed by atoms with Gasteiger partial charge >= 0.3 is 0 Å². The number of nitrogens with one attached hydrogen (secondary N) is 3. The van der Waals surface area contributed by atoms with Gasteiger partial charge in [0.25, 0.3) is 11.8 Å². The van der Waals surface area contributed by atoms with Crippen LogP contribution in [-0.2, 0) is 16.1 Å². The maximum Gasteiger partial charge on any atom is 0.255 e. The van der Waals surface area contributed by atoms with E-state index >= 15 is 0 Å². The van der Waals surface area contributed by atoms with Gasteiger partial charge < -0.3 is 15.5 Å². The number of para-hydroxylation sites is 1. The van der Waals surface area contributed by atoms with Crippen molar-refractivity contribution in [3.05, 3.63) is 64.7 Å². The number of imide groups is 1. The summed E-state index contributed by atoms with van der Waals surface area (Å²) < 4.78 is 0. The number of rotatable bonds is 4.